The molecule has 0 aliphatic rings. The van der Waals surface area contributed by atoms with Crippen molar-refractivity contribution in [3.63, 3.8) is 0 Å². The lowest BCUT2D eigenvalue weighted by atomic mass is 10.0. The zero-order valence-electron chi connectivity index (χ0n) is 9.59. The summed E-state index contributed by atoms with van der Waals surface area (Å²) >= 11 is 3.03. The van der Waals surface area contributed by atoms with Gasteiger partial charge in [-0.25, -0.2) is 13.2 Å². The van der Waals surface area contributed by atoms with Crippen LogP contribution in [0.1, 0.15) is 15.9 Å². The topological polar surface area (TPSA) is 17.1 Å². The van der Waals surface area contributed by atoms with E-state index in [1.807, 2.05) is 0 Å². The summed E-state index contributed by atoms with van der Waals surface area (Å²) in [6.07, 6.45) is -0.138. The summed E-state index contributed by atoms with van der Waals surface area (Å²) in [7, 11) is 0. The molecule has 2 aromatic rings. The first-order chi connectivity index (χ1) is 8.97. The van der Waals surface area contributed by atoms with Crippen LogP contribution in [0.5, 0.6) is 0 Å². The largest absolute Gasteiger partial charge is 0.294 e. The smallest absolute Gasteiger partial charge is 0.167 e. The van der Waals surface area contributed by atoms with E-state index in [2.05, 4.69) is 15.9 Å². The van der Waals surface area contributed by atoms with Gasteiger partial charge in [0.25, 0.3) is 0 Å². The Hall–Kier alpha value is -1.62. The average molecular weight is 329 g/mol. The number of carbonyl (C=O) groups excluding carboxylic acids is 1. The predicted molar refractivity (Wildman–Crippen MR) is 68.5 cm³/mol. The number of hydrogen-bond donors (Lipinski definition) is 0. The van der Waals surface area contributed by atoms with E-state index in [1.54, 1.807) is 6.07 Å². The lowest BCUT2D eigenvalue weighted by molar-refractivity contribution is 0.0992. The van der Waals surface area contributed by atoms with Crippen LogP contribution in [0.4, 0.5) is 13.2 Å². The van der Waals surface area contributed by atoms with Crippen LogP contribution in [-0.2, 0) is 6.42 Å². The van der Waals surface area contributed by atoms with Gasteiger partial charge in [-0.05, 0) is 39.7 Å². The highest BCUT2D eigenvalue weighted by Crippen LogP contribution is 2.22. The Balaban J connectivity index is 2.28. The molecule has 19 heavy (non-hydrogen) atoms. The third-order valence-electron chi connectivity index (χ3n) is 2.57. The fraction of sp³-hybridized carbons (Fsp3) is 0.0714. The van der Waals surface area contributed by atoms with Gasteiger partial charge in [-0.1, -0.05) is 12.1 Å². The van der Waals surface area contributed by atoms with Gasteiger partial charge < -0.3 is 0 Å². The highest BCUT2D eigenvalue weighted by Gasteiger charge is 2.13. The molecule has 0 aromatic heterocycles. The summed E-state index contributed by atoms with van der Waals surface area (Å²) in [6, 6.07) is 6.89. The van der Waals surface area contributed by atoms with Crippen molar-refractivity contribution >= 4 is 21.7 Å². The van der Waals surface area contributed by atoms with Crippen molar-refractivity contribution in [3.8, 4) is 0 Å². The average Bonchev–Trinajstić information content (AvgIpc) is 2.33. The van der Waals surface area contributed by atoms with E-state index >= 15 is 0 Å². The lowest BCUT2D eigenvalue weighted by Gasteiger charge is -2.05. The van der Waals surface area contributed by atoms with Crippen LogP contribution in [-0.4, -0.2) is 5.78 Å². The second-order valence-electron chi connectivity index (χ2n) is 3.97. The number of ketones is 1. The fourth-order valence-corrected chi connectivity index (χ4v) is 2.08. The molecule has 98 valence electrons. The minimum atomic E-state index is -0.818. The van der Waals surface area contributed by atoms with Crippen molar-refractivity contribution in [3.05, 3.63) is 69.4 Å². The first-order valence-electron chi connectivity index (χ1n) is 5.39. The summed E-state index contributed by atoms with van der Waals surface area (Å²) in [5.41, 5.74) is 0.350. The van der Waals surface area contributed by atoms with Crippen molar-refractivity contribution in [2.75, 3.05) is 0 Å². The number of hydrogen-bond acceptors (Lipinski definition) is 1. The van der Waals surface area contributed by atoms with Gasteiger partial charge in [0.2, 0.25) is 0 Å². The number of halogens is 4. The van der Waals surface area contributed by atoms with Crippen LogP contribution < -0.4 is 0 Å². The van der Waals surface area contributed by atoms with Gasteiger partial charge >= 0.3 is 0 Å². The van der Waals surface area contributed by atoms with Crippen LogP contribution in [0.2, 0.25) is 0 Å². The number of benzene rings is 2. The van der Waals surface area contributed by atoms with Gasteiger partial charge in [0.1, 0.15) is 17.5 Å². The monoisotopic (exact) mass is 328 g/mol. The Morgan fingerprint density at radius 1 is 1.05 bits per heavy atom. The SMILES string of the molecule is O=C(Cc1cccc(F)c1Br)c1cc(F)cc(F)c1. The first-order valence-corrected chi connectivity index (χ1v) is 6.19. The van der Waals surface area contributed by atoms with Gasteiger partial charge in [0.05, 0.1) is 4.47 Å². The highest BCUT2D eigenvalue weighted by atomic mass is 79.9. The van der Waals surface area contributed by atoms with E-state index in [0.29, 0.717) is 11.6 Å². The quantitative estimate of drug-likeness (QED) is 0.768. The Kier molecular flexibility index (Phi) is 4.04. The first kappa shape index (κ1) is 13.8. The Labute approximate surface area is 116 Å². The summed E-state index contributed by atoms with van der Waals surface area (Å²) < 4.78 is 39.5. The normalized spacial score (nSPS) is 10.5. The van der Waals surface area contributed by atoms with Gasteiger partial charge in [-0.3, -0.25) is 4.79 Å². The fourth-order valence-electron chi connectivity index (χ4n) is 1.67. The van der Waals surface area contributed by atoms with Crippen LogP contribution in [0.15, 0.2) is 40.9 Å². The molecule has 0 aliphatic heterocycles. The molecule has 0 unspecified atom stereocenters. The van der Waals surface area contributed by atoms with E-state index < -0.39 is 23.2 Å². The molecule has 5 heteroatoms. The molecule has 2 rings (SSSR count). The van der Waals surface area contributed by atoms with Crippen molar-refractivity contribution < 1.29 is 18.0 Å². The Morgan fingerprint density at radius 3 is 2.32 bits per heavy atom. The van der Waals surface area contributed by atoms with Crippen LogP contribution >= 0.6 is 15.9 Å². The molecular weight excluding hydrogens is 321 g/mol. The maximum atomic E-state index is 13.3. The molecule has 0 bridgehead atoms. The molecule has 0 heterocycles. The molecule has 0 radical (unpaired) electrons. The van der Waals surface area contributed by atoms with E-state index in [4.69, 9.17) is 0 Å². The Morgan fingerprint density at radius 2 is 1.68 bits per heavy atom. The third kappa shape index (κ3) is 3.23. The molecule has 0 fully saturated rings. The number of rotatable bonds is 3. The standard InChI is InChI=1S/C14H8BrF3O/c15-14-8(2-1-3-12(14)18)6-13(19)9-4-10(16)7-11(17)5-9/h1-5,7H,6H2. The van der Waals surface area contributed by atoms with Gasteiger partial charge in [0.15, 0.2) is 5.78 Å². The maximum Gasteiger partial charge on any atom is 0.167 e. The minimum absolute atomic E-state index is 0.0753. The van der Waals surface area contributed by atoms with Gasteiger partial charge in [0, 0.05) is 18.1 Å². The maximum absolute atomic E-state index is 13.3. The van der Waals surface area contributed by atoms with E-state index in [-0.39, 0.29) is 16.5 Å². The molecular formula is C14H8BrF3O. The molecule has 0 N–H and O–H groups in total. The summed E-state index contributed by atoms with van der Waals surface area (Å²) in [5.74, 6) is -2.61. The molecule has 0 amide bonds. The van der Waals surface area contributed by atoms with Crippen LogP contribution in [0.3, 0.4) is 0 Å². The Bertz CT molecular complexity index is 620. The van der Waals surface area contributed by atoms with Crippen LogP contribution in [0, 0.1) is 17.5 Å². The minimum Gasteiger partial charge on any atom is -0.294 e. The van der Waals surface area contributed by atoms with Crippen LogP contribution in [0.25, 0.3) is 0 Å². The predicted octanol–water partition coefficient (Wildman–Crippen LogP) is 4.29. The molecule has 0 spiro atoms. The van der Waals surface area contributed by atoms with Crippen molar-refractivity contribution in [1.82, 2.24) is 0 Å². The number of carbonyl (C=O) groups is 1. The molecule has 0 saturated heterocycles. The second-order valence-corrected chi connectivity index (χ2v) is 4.76. The summed E-state index contributed by atoms with van der Waals surface area (Å²) in [5, 5.41) is 0. The molecule has 2 aromatic carbocycles. The lowest BCUT2D eigenvalue weighted by Crippen LogP contribution is -2.05. The van der Waals surface area contributed by atoms with Gasteiger partial charge in [-0.15, -0.1) is 0 Å². The molecule has 0 atom stereocenters. The zero-order chi connectivity index (χ0) is 14.0. The zero-order valence-corrected chi connectivity index (χ0v) is 11.2. The molecule has 1 nitrogen and oxygen atoms in total. The van der Waals surface area contributed by atoms with Crippen molar-refractivity contribution in [2.24, 2.45) is 0 Å². The second kappa shape index (κ2) is 5.57. The van der Waals surface area contributed by atoms with E-state index in [9.17, 15) is 18.0 Å². The van der Waals surface area contributed by atoms with Crippen molar-refractivity contribution in [1.29, 1.82) is 0 Å². The van der Waals surface area contributed by atoms with Gasteiger partial charge in [-0.2, -0.15) is 0 Å². The summed E-state index contributed by atoms with van der Waals surface area (Å²) in [6.45, 7) is 0. The summed E-state index contributed by atoms with van der Waals surface area (Å²) in [4.78, 5) is 11.9. The van der Waals surface area contributed by atoms with E-state index in [1.165, 1.54) is 12.1 Å². The van der Waals surface area contributed by atoms with Crippen molar-refractivity contribution in [2.45, 2.75) is 6.42 Å². The third-order valence-corrected chi connectivity index (χ3v) is 3.46. The highest BCUT2D eigenvalue weighted by molar-refractivity contribution is 9.10. The number of Topliss-reactive ketones (excluding diaryl/α,β-unsaturated/α-hetero) is 1. The molecule has 0 saturated carbocycles. The van der Waals surface area contributed by atoms with E-state index in [0.717, 1.165) is 12.1 Å². The molecule has 0 aliphatic carbocycles.